The van der Waals surface area contributed by atoms with Crippen LogP contribution in [0.4, 0.5) is 5.69 Å². The lowest BCUT2D eigenvalue weighted by atomic mass is 9.85. The molecule has 25 heavy (non-hydrogen) atoms. The summed E-state index contributed by atoms with van der Waals surface area (Å²) in [4.78, 5) is 25.0. The molecule has 1 aromatic rings. The molecule has 0 bridgehead atoms. The highest BCUT2D eigenvalue weighted by Gasteiger charge is 2.26. The summed E-state index contributed by atoms with van der Waals surface area (Å²) < 4.78 is 0. The lowest BCUT2D eigenvalue weighted by molar-refractivity contribution is -0.386. The van der Waals surface area contributed by atoms with Crippen LogP contribution in [0, 0.1) is 16.0 Å². The second-order valence-electron chi connectivity index (χ2n) is 7.66. The fourth-order valence-electron chi connectivity index (χ4n) is 2.45. The van der Waals surface area contributed by atoms with Crippen molar-refractivity contribution in [3.05, 3.63) is 39.4 Å². The van der Waals surface area contributed by atoms with Gasteiger partial charge in [0.15, 0.2) is 0 Å². The number of amides is 1. The molecule has 1 rings (SSSR count). The van der Waals surface area contributed by atoms with Crippen LogP contribution in [0.5, 0.6) is 0 Å². The fourth-order valence-corrected chi connectivity index (χ4v) is 2.45. The van der Waals surface area contributed by atoms with E-state index >= 15 is 0 Å². The van der Waals surface area contributed by atoms with Gasteiger partial charge in [-0.3, -0.25) is 14.9 Å². The Morgan fingerprint density at radius 1 is 1.32 bits per heavy atom. The summed E-state index contributed by atoms with van der Waals surface area (Å²) in [6, 6.07) is 4.74. The average Bonchev–Trinajstić information content (AvgIpc) is 2.49. The average molecular weight is 372 g/mol. The minimum atomic E-state index is -0.425. The van der Waals surface area contributed by atoms with Crippen LogP contribution in [0.3, 0.4) is 0 Å². The maximum atomic E-state index is 12.5. The van der Waals surface area contributed by atoms with Crippen molar-refractivity contribution in [3.63, 3.8) is 0 Å². The molecule has 0 saturated heterocycles. The quantitative estimate of drug-likeness (QED) is 0.609. The number of hydrogen-bond acceptors (Lipinski definition) is 4. The van der Waals surface area contributed by atoms with Crippen LogP contribution in [0.2, 0.25) is 0 Å². The van der Waals surface area contributed by atoms with Crippen molar-refractivity contribution < 1.29 is 9.72 Å². The Labute approximate surface area is 156 Å². The number of nitro groups is 1. The van der Waals surface area contributed by atoms with Gasteiger partial charge in [-0.2, -0.15) is 0 Å². The van der Waals surface area contributed by atoms with E-state index in [4.69, 9.17) is 5.73 Å². The molecule has 0 spiro atoms. The molecule has 0 aliphatic carbocycles. The Hall–Kier alpha value is -1.66. The number of nitrogens with two attached hydrogens (primary N) is 1. The molecule has 7 heteroatoms. The van der Waals surface area contributed by atoms with E-state index in [9.17, 15) is 14.9 Å². The smallest absolute Gasteiger partial charge is 0.273 e. The Bertz CT molecular complexity index is 612. The largest absolute Gasteiger partial charge is 0.342 e. The first-order valence-electron chi connectivity index (χ1n) is 8.25. The van der Waals surface area contributed by atoms with Gasteiger partial charge in [0.1, 0.15) is 0 Å². The Morgan fingerprint density at radius 3 is 2.32 bits per heavy atom. The molecule has 1 atom stereocenters. The summed E-state index contributed by atoms with van der Waals surface area (Å²) in [5, 5.41) is 11.4. The molecule has 0 heterocycles. The topological polar surface area (TPSA) is 89.5 Å². The summed E-state index contributed by atoms with van der Waals surface area (Å²) in [5.74, 6) is 0.121. The zero-order valence-corrected chi connectivity index (χ0v) is 16.7. The lowest BCUT2D eigenvalue weighted by Gasteiger charge is -2.22. The van der Waals surface area contributed by atoms with Gasteiger partial charge in [-0.05, 0) is 23.8 Å². The zero-order chi connectivity index (χ0) is 18.7. The Balaban J connectivity index is 0.00000576. The summed E-state index contributed by atoms with van der Waals surface area (Å²) in [7, 11) is 1.69. The number of nitro benzene ring substituents is 1. The summed E-state index contributed by atoms with van der Waals surface area (Å²) >= 11 is 0. The highest BCUT2D eigenvalue weighted by atomic mass is 35.5. The van der Waals surface area contributed by atoms with E-state index in [0.29, 0.717) is 30.0 Å². The third-order valence-corrected chi connectivity index (χ3v) is 4.25. The highest BCUT2D eigenvalue weighted by Crippen LogP contribution is 2.32. The molecule has 0 aliphatic heterocycles. The maximum absolute atomic E-state index is 12.5. The van der Waals surface area contributed by atoms with E-state index in [1.54, 1.807) is 24.1 Å². The van der Waals surface area contributed by atoms with Gasteiger partial charge in [-0.15, -0.1) is 12.4 Å². The van der Waals surface area contributed by atoms with Crippen LogP contribution < -0.4 is 5.73 Å². The molecule has 1 unspecified atom stereocenters. The maximum Gasteiger partial charge on any atom is 0.273 e. The van der Waals surface area contributed by atoms with Crippen molar-refractivity contribution in [2.75, 3.05) is 13.6 Å². The van der Waals surface area contributed by atoms with Crippen molar-refractivity contribution in [3.8, 4) is 0 Å². The molecular weight excluding hydrogens is 342 g/mol. The first-order chi connectivity index (χ1) is 10.9. The van der Waals surface area contributed by atoms with Crippen molar-refractivity contribution >= 4 is 24.0 Å². The van der Waals surface area contributed by atoms with Gasteiger partial charge in [0.2, 0.25) is 0 Å². The predicted octanol–water partition coefficient (Wildman–Crippen LogP) is 3.76. The van der Waals surface area contributed by atoms with E-state index in [1.165, 1.54) is 6.07 Å². The second-order valence-corrected chi connectivity index (χ2v) is 7.66. The molecule has 0 aliphatic rings. The lowest BCUT2D eigenvalue weighted by Crippen LogP contribution is -2.34. The zero-order valence-electron chi connectivity index (χ0n) is 15.9. The Morgan fingerprint density at radius 2 is 1.88 bits per heavy atom. The second kappa shape index (κ2) is 9.15. The van der Waals surface area contributed by atoms with E-state index in [0.717, 1.165) is 0 Å². The minimum absolute atomic E-state index is 0. The van der Waals surface area contributed by atoms with Gasteiger partial charge in [0.25, 0.3) is 11.6 Å². The van der Waals surface area contributed by atoms with Crippen molar-refractivity contribution in [1.29, 1.82) is 0 Å². The molecule has 0 aromatic heterocycles. The SMILES string of the molecule is CC(C)C(N)CCN(C)C(=O)c1ccc(C(C)(C)C)c([N+](=O)[O-])c1.Cl. The molecule has 6 nitrogen and oxygen atoms in total. The normalized spacial score (nSPS) is 12.5. The molecule has 0 radical (unpaired) electrons. The van der Waals surface area contributed by atoms with Crippen LogP contribution >= 0.6 is 12.4 Å². The van der Waals surface area contributed by atoms with Gasteiger partial charge in [0, 0.05) is 36.8 Å². The molecule has 2 N–H and O–H groups in total. The minimum Gasteiger partial charge on any atom is -0.342 e. The van der Waals surface area contributed by atoms with Crippen LogP contribution in [0.15, 0.2) is 18.2 Å². The summed E-state index contributed by atoms with van der Waals surface area (Å²) in [5.41, 5.74) is 6.58. The summed E-state index contributed by atoms with van der Waals surface area (Å²) in [6.07, 6.45) is 0.697. The van der Waals surface area contributed by atoms with Gasteiger partial charge in [-0.1, -0.05) is 40.7 Å². The number of hydrogen-bond donors (Lipinski definition) is 1. The third-order valence-electron chi connectivity index (χ3n) is 4.25. The van der Waals surface area contributed by atoms with E-state index in [1.807, 2.05) is 34.6 Å². The van der Waals surface area contributed by atoms with Crippen molar-refractivity contribution in [2.24, 2.45) is 11.7 Å². The highest BCUT2D eigenvalue weighted by molar-refractivity contribution is 5.94. The number of halogens is 1. The number of nitrogens with zero attached hydrogens (tertiary/aromatic N) is 2. The molecule has 1 amide bonds. The standard InChI is InChI=1S/C18H29N3O3.ClH/c1-12(2)15(19)9-10-20(6)17(22)13-7-8-14(18(3,4)5)16(11-13)21(23)24;/h7-8,11-12,15H,9-10,19H2,1-6H3;1H. The number of rotatable bonds is 6. The summed E-state index contributed by atoms with van der Waals surface area (Å²) in [6.45, 7) is 10.3. The van der Waals surface area contributed by atoms with Crippen LogP contribution in [0.1, 0.15) is 57.0 Å². The fraction of sp³-hybridized carbons (Fsp3) is 0.611. The molecular formula is C18H30ClN3O3. The van der Waals surface area contributed by atoms with Crippen LogP contribution in [-0.4, -0.2) is 35.4 Å². The van der Waals surface area contributed by atoms with E-state index < -0.39 is 4.92 Å². The van der Waals surface area contributed by atoms with Crippen LogP contribution in [-0.2, 0) is 5.41 Å². The number of carbonyl (C=O) groups is 1. The van der Waals surface area contributed by atoms with Gasteiger partial charge in [0.05, 0.1) is 4.92 Å². The first kappa shape index (κ1) is 23.3. The Kier molecular flexibility index (Phi) is 8.54. The van der Waals surface area contributed by atoms with Gasteiger partial charge < -0.3 is 10.6 Å². The number of carbonyl (C=O) groups excluding carboxylic acids is 1. The number of benzene rings is 1. The van der Waals surface area contributed by atoms with Crippen LogP contribution in [0.25, 0.3) is 0 Å². The van der Waals surface area contributed by atoms with Crippen molar-refractivity contribution in [1.82, 2.24) is 4.90 Å². The molecule has 142 valence electrons. The molecule has 0 fully saturated rings. The predicted molar refractivity (Wildman–Crippen MR) is 103 cm³/mol. The van der Waals surface area contributed by atoms with Gasteiger partial charge in [-0.25, -0.2) is 0 Å². The van der Waals surface area contributed by atoms with Crippen molar-refractivity contribution in [2.45, 2.75) is 52.5 Å². The molecule has 0 saturated carbocycles. The first-order valence-corrected chi connectivity index (χ1v) is 8.25. The van der Waals surface area contributed by atoms with Gasteiger partial charge >= 0.3 is 0 Å². The molecule has 1 aromatic carbocycles. The van der Waals surface area contributed by atoms with E-state index in [-0.39, 0.29) is 35.5 Å². The van der Waals surface area contributed by atoms with E-state index in [2.05, 4.69) is 0 Å². The third kappa shape index (κ3) is 6.29. The monoisotopic (exact) mass is 371 g/mol.